The number of likely N-dealkylation sites (tertiary alicyclic amines) is 1. The van der Waals surface area contributed by atoms with Crippen molar-refractivity contribution >= 4 is 11.9 Å². The molecule has 1 aliphatic heterocycles. The van der Waals surface area contributed by atoms with Crippen molar-refractivity contribution in [1.29, 1.82) is 0 Å². The van der Waals surface area contributed by atoms with Crippen LogP contribution in [0.25, 0.3) is 0 Å². The lowest BCUT2D eigenvalue weighted by Crippen LogP contribution is -2.42. The van der Waals surface area contributed by atoms with Gasteiger partial charge in [-0.05, 0) is 39.8 Å². The Hall–Kier alpha value is -2.08. The van der Waals surface area contributed by atoms with Crippen LogP contribution in [0.2, 0.25) is 0 Å². The van der Waals surface area contributed by atoms with Gasteiger partial charge in [0.15, 0.2) is 5.96 Å². The second-order valence-corrected chi connectivity index (χ2v) is 7.87. The molecule has 1 unspecified atom stereocenters. The van der Waals surface area contributed by atoms with Crippen LogP contribution < -0.4 is 10.6 Å². The van der Waals surface area contributed by atoms with E-state index in [1.165, 1.54) is 5.56 Å². The molecule has 1 heterocycles. The van der Waals surface area contributed by atoms with Gasteiger partial charge in [-0.3, -0.25) is 9.79 Å². The molecule has 2 N–H and O–H groups in total. The summed E-state index contributed by atoms with van der Waals surface area (Å²) < 4.78 is 0. The highest BCUT2D eigenvalue weighted by molar-refractivity contribution is 5.80. The molecule has 1 aromatic rings. The number of carbonyl (C=O) groups excluding carboxylic acids is 1. The van der Waals surface area contributed by atoms with Crippen LogP contribution in [0, 0.1) is 5.92 Å². The number of amides is 1. The Bertz CT molecular complexity index is 617. The summed E-state index contributed by atoms with van der Waals surface area (Å²) in [6, 6.07) is 10.9. The van der Waals surface area contributed by atoms with E-state index in [0.717, 1.165) is 45.1 Å². The average molecular weight is 388 g/mol. The molecule has 2 rings (SSSR count). The molecule has 28 heavy (non-hydrogen) atoms. The highest BCUT2D eigenvalue weighted by Crippen LogP contribution is 2.18. The number of carbonyl (C=O) groups is 1. The van der Waals surface area contributed by atoms with Gasteiger partial charge in [-0.2, -0.15) is 0 Å². The first-order valence-electron chi connectivity index (χ1n) is 10.5. The number of hydrogen-bond donors (Lipinski definition) is 2. The quantitative estimate of drug-likeness (QED) is 0.476. The lowest BCUT2D eigenvalue weighted by Gasteiger charge is -2.21. The molecule has 1 aromatic carbocycles. The van der Waals surface area contributed by atoms with Crippen molar-refractivity contribution in [2.75, 3.05) is 46.3 Å². The molecule has 6 heteroatoms. The molecule has 0 spiro atoms. The van der Waals surface area contributed by atoms with Crippen molar-refractivity contribution in [3.05, 3.63) is 35.9 Å². The van der Waals surface area contributed by atoms with Crippen molar-refractivity contribution in [3.63, 3.8) is 0 Å². The number of guanidine groups is 1. The fourth-order valence-electron chi connectivity index (χ4n) is 3.27. The highest BCUT2D eigenvalue weighted by atomic mass is 16.2. The van der Waals surface area contributed by atoms with Gasteiger partial charge in [0, 0.05) is 57.6 Å². The first-order valence-corrected chi connectivity index (χ1v) is 10.5. The first kappa shape index (κ1) is 22.2. The zero-order valence-corrected chi connectivity index (χ0v) is 17.9. The second kappa shape index (κ2) is 11.7. The van der Waals surface area contributed by atoms with Gasteiger partial charge < -0.3 is 20.4 Å². The Morgan fingerprint density at radius 2 is 2.04 bits per heavy atom. The zero-order valence-electron chi connectivity index (χ0n) is 17.9. The third-order valence-corrected chi connectivity index (χ3v) is 5.30. The molecule has 0 radical (unpaired) electrons. The van der Waals surface area contributed by atoms with E-state index in [0.29, 0.717) is 24.9 Å². The Balaban J connectivity index is 1.77. The topological polar surface area (TPSA) is 60.0 Å². The van der Waals surface area contributed by atoms with Crippen molar-refractivity contribution < 1.29 is 4.79 Å². The highest BCUT2D eigenvalue weighted by Gasteiger charge is 2.28. The molecule has 0 saturated carbocycles. The molecule has 0 aliphatic carbocycles. The monoisotopic (exact) mass is 387 g/mol. The third-order valence-electron chi connectivity index (χ3n) is 5.30. The van der Waals surface area contributed by atoms with Gasteiger partial charge in [-0.1, -0.05) is 30.3 Å². The van der Waals surface area contributed by atoms with E-state index in [9.17, 15) is 4.79 Å². The Morgan fingerprint density at radius 3 is 2.71 bits per heavy atom. The summed E-state index contributed by atoms with van der Waals surface area (Å²) in [5.41, 5.74) is 1.28. The number of nitrogens with one attached hydrogen (secondary N) is 2. The van der Waals surface area contributed by atoms with Crippen LogP contribution in [0.4, 0.5) is 0 Å². The van der Waals surface area contributed by atoms with Crippen LogP contribution >= 0.6 is 0 Å². The van der Waals surface area contributed by atoms with Crippen LogP contribution in [-0.4, -0.2) is 74.0 Å². The summed E-state index contributed by atoms with van der Waals surface area (Å²) >= 11 is 0. The van der Waals surface area contributed by atoms with E-state index >= 15 is 0 Å². The predicted octanol–water partition coefficient (Wildman–Crippen LogP) is 1.97. The maximum absolute atomic E-state index is 12.3. The van der Waals surface area contributed by atoms with Gasteiger partial charge in [-0.25, -0.2) is 0 Å². The second-order valence-electron chi connectivity index (χ2n) is 7.87. The zero-order chi connectivity index (χ0) is 20.4. The predicted molar refractivity (Wildman–Crippen MR) is 117 cm³/mol. The molecule has 1 atom stereocenters. The molecular weight excluding hydrogens is 350 g/mol. The number of rotatable bonds is 10. The van der Waals surface area contributed by atoms with E-state index in [1.54, 1.807) is 0 Å². The van der Waals surface area contributed by atoms with Crippen molar-refractivity contribution in [1.82, 2.24) is 20.4 Å². The summed E-state index contributed by atoms with van der Waals surface area (Å²) in [6.07, 6.45) is 1.52. The number of benzene rings is 1. The standard InChI is InChI=1S/C22H37N5O/c1-5-23-22(24-12-14-26(4)18(2)3)25-16-20-15-21(28)27(17-20)13-11-19-9-7-6-8-10-19/h6-10,18,20H,5,11-17H2,1-4H3,(H2,23,24,25). The van der Waals surface area contributed by atoms with Gasteiger partial charge in [0.1, 0.15) is 0 Å². The minimum Gasteiger partial charge on any atom is -0.357 e. The fourth-order valence-corrected chi connectivity index (χ4v) is 3.27. The Labute approximate surface area is 170 Å². The van der Waals surface area contributed by atoms with Crippen molar-refractivity contribution in [2.45, 2.75) is 39.7 Å². The number of nitrogens with zero attached hydrogens (tertiary/aromatic N) is 3. The summed E-state index contributed by atoms with van der Waals surface area (Å²) in [5.74, 6) is 1.40. The smallest absolute Gasteiger partial charge is 0.223 e. The molecule has 156 valence electrons. The van der Waals surface area contributed by atoms with Crippen LogP contribution in [0.5, 0.6) is 0 Å². The van der Waals surface area contributed by atoms with Crippen LogP contribution in [0.1, 0.15) is 32.8 Å². The third kappa shape index (κ3) is 7.50. The van der Waals surface area contributed by atoms with Gasteiger partial charge in [0.05, 0.1) is 0 Å². The molecule has 1 saturated heterocycles. The maximum atomic E-state index is 12.3. The minimum absolute atomic E-state index is 0.257. The lowest BCUT2D eigenvalue weighted by atomic mass is 10.1. The van der Waals surface area contributed by atoms with Crippen LogP contribution in [0.15, 0.2) is 35.3 Å². The van der Waals surface area contributed by atoms with E-state index < -0.39 is 0 Å². The number of aliphatic imine (C=N–C) groups is 1. The van der Waals surface area contributed by atoms with Crippen LogP contribution in [-0.2, 0) is 11.2 Å². The molecule has 0 aromatic heterocycles. The van der Waals surface area contributed by atoms with Crippen molar-refractivity contribution in [3.8, 4) is 0 Å². The van der Waals surface area contributed by atoms with Gasteiger partial charge in [0.25, 0.3) is 0 Å². The van der Waals surface area contributed by atoms with Gasteiger partial charge in [0.2, 0.25) is 5.91 Å². The first-order chi connectivity index (χ1) is 13.5. The molecule has 1 aliphatic rings. The summed E-state index contributed by atoms with van der Waals surface area (Å²) in [4.78, 5) is 21.3. The Morgan fingerprint density at radius 1 is 1.29 bits per heavy atom. The SMILES string of the molecule is CCNC(=NCC1CC(=O)N(CCc2ccccc2)C1)NCCN(C)C(C)C. The van der Waals surface area contributed by atoms with E-state index in [4.69, 9.17) is 4.99 Å². The average Bonchev–Trinajstić information content (AvgIpc) is 3.04. The fraction of sp³-hybridized carbons (Fsp3) is 0.636. The van der Waals surface area contributed by atoms with Crippen LogP contribution in [0.3, 0.4) is 0 Å². The summed E-state index contributed by atoms with van der Waals surface area (Å²) in [7, 11) is 2.13. The number of hydrogen-bond acceptors (Lipinski definition) is 3. The molecule has 6 nitrogen and oxygen atoms in total. The summed E-state index contributed by atoms with van der Waals surface area (Å²) in [6.45, 7) is 11.4. The number of likely N-dealkylation sites (N-methyl/N-ethyl adjacent to an activating group) is 1. The molecule has 1 amide bonds. The van der Waals surface area contributed by atoms with Gasteiger partial charge >= 0.3 is 0 Å². The molecular formula is C22H37N5O. The van der Waals surface area contributed by atoms with E-state index in [2.05, 4.69) is 55.5 Å². The van der Waals surface area contributed by atoms with Gasteiger partial charge in [-0.15, -0.1) is 0 Å². The van der Waals surface area contributed by atoms with Crippen molar-refractivity contribution in [2.24, 2.45) is 10.9 Å². The molecule has 0 bridgehead atoms. The molecule has 1 fully saturated rings. The van der Waals surface area contributed by atoms with E-state index in [-0.39, 0.29) is 5.91 Å². The maximum Gasteiger partial charge on any atom is 0.223 e. The van der Waals surface area contributed by atoms with E-state index in [1.807, 2.05) is 23.1 Å². The lowest BCUT2D eigenvalue weighted by molar-refractivity contribution is -0.127. The largest absolute Gasteiger partial charge is 0.357 e. The minimum atomic E-state index is 0.257. The Kier molecular flexibility index (Phi) is 9.28. The summed E-state index contributed by atoms with van der Waals surface area (Å²) in [5, 5.41) is 6.70. The normalized spacial score (nSPS) is 17.6.